The molecule has 0 unspecified atom stereocenters. The van der Waals surface area contributed by atoms with Gasteiger partial charge in [-0.15, -0.1) is 0 Å². The summed E-state index contributed by atoms with van der Waals surface area (Å²) < 4.78 is 13.5. The molecule has 0 saturated heterocycles. The highest BCUT2D eigenvalue weighted by molar-refractivity contribution is 6.31. The lowest BCUT2D eigenvalue weighted by Gasteiger charge is -2.13. The summed E-state index contributed by atoms with van der Waals surface area (Å²) in [5.74, 6) is -0.795. The maximum absolute atomic E-state index is 13.5. The van der Waals surface area contributed by atoms with E-state index in [2.05, 4.69) is 15.3 Å². The van der Waals surface area contributed by atoms with E-state index in [0.717, 1.165) is 16.8 Å². The van der Waals surface area contributed by atoms with Crippen LogP contribution in [0.2, 0.25) is 5.02 Å². The van der Waals surface area contributed by atoms with Crippen LogP contribution in [0.4, 0.5) is 10.1 Å². The molecule has 26 heavy (non-hydrogen) atoms. The van der Waals surface area contributed by atoms with Crippen LogP contribution in [0, 0.1) is 26.6 Å². The normalized spacial score (nSPS) is 10.7. The van der Waals surface area contributed by atoms with Gasteiger partial charge in [-0.1, -0.05) is 17.7 Å². The number of aromatic nitrogens is 2. The van der Waals surface area contributed by atoms with Gasteiger partial charge in [0.1, 0.15) is 11.5 Å². The number of anilines is 1. The SMILES string of the molecule is Cc1cc(NC(=O)c2nc(C)cc(-c3ccc(F)c(Cl)c3)c2C)ccn1. The highest BCUT2D eigenvalue weighted by Gasteiger charge is 2.17. The van der Waals surface area contributed by atoms with E-state index in [1.54, 1.807) is 37.4 Å². The van der Waals surface area contributed by atoms with Crippen LogP contribution in [0.5, 0.6) is 0 Å². The number of benzene rings is 1. The molecule has 1 N–H and O–H groups in total. The summed E-state index contributed by atoms with van der Waals surface area (Å²) in [5.41, 5.74) is 4.66. The Kier molecular flexibility index (Phi) is 5.00. The van der Waals surface area contributed by atoms with Gasteiger partial charge in [0.05, 0.1) is 5.02 Å². The smallest absolute Gasteiger partial charge is 0.274 e. The molecule has 4 nitrogen and oxygen atoms in total. The molecule has 3 rings (SSSR count). The van der Waals surface area contributed by atoms with Crippen molar-refractivity contribution in [1.82, 2.24) is 9.97 Å². The van der Waals surface area contributed by atoms with Gasteiger partial charge in [-0.3, -0.25) is 9.78 Å². The van der Waals surface area contributed by atoms with Gasteiger partial charge in [-0.25, -0.2) is 9.37 Å². The fourth-order valence-corrected chi connectivity index (χ4v) is 2.92. The second-order valence-corrected chi connectivity index (χ2v) is 6.46. The van der Waals surface area contributed by atoms with E-state index in [1.165, 1.54) is 6.07 Å². The first-order chi connectivity index (χ1) is 12.3. The van der Waals surface area contributed by atoms with Gasteiger partial charge in [0.25, 0.3) is 5.91 Å². The highest BCUT2D eigenvalue weighted by atomic mass is 35.5. The van der Waals surface area contributed by atoms with Crippen LogP contribution in [-0.4, -0.2) is 15.9 Å². The molecular formula is C20H17ClFN3O. The lowest BCUT2D eigenvalue weighted by molar-refractivity contribution is 0.102. The average molecular weight is 370 g/mol. The topological polar surface area (TPSA) is 54.9 Å². The molecule has 1 amide bonds. The standard InChI is InChI=1S/C20H17ClFN3O/c1-11-8-15(6-7-23-11)25-20(26)19-13(3)16(9-12(2)24-19)14-4-5-18(22)17(21)10-14/h4-10H,1-3H3,(H,23,25,26). The van der Waals surface area contributed by atoms with Crippen LogP contribution in [0.15, 0.2) is 42.6 Å². The molecule has 0 aliphatic rings. The molecule has 6 heteroatoms. The van der Waals surface area contributed by atoms with Gasteiger partial charge in [0, 0.05) is 23.3 Å². The Morgan fingerprint density at radius 1 is 1.08 bits per heavy atom. The van der Waals surface area contributed by atoms with E-state index < -0.39 is 5.82 Å². The monoisotopic (exact) mass is 369 g/mol. The molecule has 1 aromatic carbocycles. The lowest BCUT2D eigenvalue weighted by Crippen LogP contribution is -2.16. The van der Waals surface area contributed by atoms with Crippen molar-refractivity contribution in [3.05, 3.63) is 76.1 Å². The Hall–Kier alpha value is -2.79. The zero-order valence-electron chi connectivity index (χ0n) is 14.6. The summed E-state index contributed by atoms with van der Waals surface area (Å²) in [7, 11) is 0. The lowest BCUT2D eigenvalue weighted by atomic mass is 9.98. The van der Waals surface area contributed by atoms with Gasteiger partial charge in [-0.2, -0.15) is 0 Å². The molecule has 0 radical (unpaired) electrons. The van der Waals surface area contributed by atoms with E-state index in [0.29, 0.717) is 22.6 Å². The minimum atomic E-state index is -0.482. The third-order valence-corrected chi connectivity index (χ3v) is 4.29. The molecule has 0 fully saturated rings. The van der Waals surface area contributed by atoms with Crippen molar-refractivity contribution in [3.63, 3.8) is 0 Å². The molecule has 0 atom stereocenters. The van der Waals surface area contributed by atoms with Gasteiger partial charge in [0.15, 0.2) is 0 Å². The number of halogens is 2. The van der Waals surface area contributed by atoms with Crippen LogP contribution in [0.25, 0.3) is 11.1 Å². The van der Waals surface area contributed by atoms with E-state index in [4.69, 9.17) is 11.6 Å². The molecule has 0 bridgehead atoms. The third-order valence-electron chi connectivity index (χ3n) is 4.00. The number of hydrogen-bond acceptors (Lipinski definition) is 3. The third kappa shape index (κ3) is 3.73. The van der Waals surface area contributed by atoms with Crippen LogP contribution >= 0.6 is 11.6 Å². The summed E-state index contributed by atoms with van der Waals surface area (Å²) in [6.45, 7) is 5.47. The van der Waals surface area contributed by atoms with E-state index in [1.807, 2.05) is 19.9 Å². The molecule has 0 saturated carbocycles. The van der Waals surface area contributed by atoms with Gasteiger partial charge in [0.2, 0.25) is 0 Å². The minimum absolute atomic E-state index is 0.0367. The predicted octanol–water partition coefficient (Wildman–Crippen LogP) is 5.11. The van der Waals surface area contributed by atoms with E-state index in [-0.39, 0.29) is 10.9 Å². The van der Waals surface area contributed by atoms with Crippen LogP contribution in [0.1, 0.15) is 27.4 Å². The molecule has 2 aromatic heterocycles. The highest BCUT2D eigenvalue weighted by Crippen LogP contribution is 2.29. The quantitative estimate of drug-likeness (QED) is 0.697. The van der Waals surface area contributed by atoms with Crippen molar-refractivity contribution in [2.24, 2.45) is 0 Å². The number of hydrogen-bond donors (Lipinski definition) is 1. The van der Waals surface area contributed by atoms with Gasteiger partial charge < -0.3 is 5.32 Å². The van der Waals surface area contributed by atoms with Crippen molar-refractivity contribution >= 4 is 23.2 Å². The Balaban J connectivity index is 2.01. The summed E-state index contributed by atoms with van der Waals surface area (Å²) in [6, 6.07) is 9.85. The first-order valence-electron chi connectivity index (χ1n) is 8.03. The summed E-state index contributed by atoms with van der Waals surface area (Å²) >= 11 is 5.90. The number of amides is 1. The molecule has 2 heterocycles. The fourth-order valence-electron chi connectivity index (χ4n) is 2.74. The van der Waals surface area contributed by atoms with Gasteiger partial charge in [-0.05, 0) is 67.8 Å². The summed E-state index contributed by atoms with van der Waals surface area (Å²) in [5, 5.41) is 2.88. The molecule has 0 spiro atoms. The second kappa shape index (κ2) is 7.22. The Morgan fingerprint density at radius 3 is 2.54 bits per heavy atom. The second-order valence-electron chi connectivity index (χ2n) is 6.05. The average Bonchev–Trinajstić information content (AvgIpc) is 2.59. The summed E-state index contributed by atoms with van der Waals surface area (Å²) in [6.07, 6.45) is 1.63. The number of aryl methyl sites for hydroxylation is 2. The van der Waals surface area contributed by atoms with Crippen LogP contribution < -0.4 is 5.32 Å². The first kappa shape index (κ1) is 18.0. The van der Waals surface area contributed by atoms with Crippen molar-refractivity contribution in [1.29, 1.82) is 0 Å². The largest absolute Gasteiger partial charge is 0.321 e. The molecule has 0 aliphatic carbocycles. The summed E-state index contributed by atoms with van der Waals surface area (Å²) in [4.78, 5) is 21.2. The molecule has 3 aromatic rings. The Labute approximate surface area is 156 Å². The van der Waals surface area contributed by atoms with Crippen LogP contribution in [-0.2, 0) is 0 Å². The van der Waals surface area contributed by atoms with E-state index in [9.17, 15) is 9.18 Å². The van der Waals surface area contributed by atoms with Crippen LogP contribution in [0.3, 0.4) is 0 Å². The van der Waals surface area contributed by atoms with Crippen molar-refractivity contribution in [3.8, 4) is 11.1 Å². The number of nitrogens with one attached hydrogen (secondary N) is 1. The number of carbonyl (C=O) groups is 1. The van der Waals surface area contributed by atoms with Crippen molar-refractivity contribution in [2.75, 3.05) is 5.32 Å². The number of carbonyl (C=O) groups excluding carboxylic acids is 1. The number of nitrogens with zero attached hydrogens (tertiary/aromatic N) is 2. The first-order valence-corrected chi connectivity index (χ1v) is 8.40. The minimum Gasteiger partial charge on any atom is -0.321 e. The van der Waals surface area contributed by atoms with Gasteiger partial charge >= 0.3 is 0 Å². The maximum Gasteiger partial charge on any atom is 0.274 e. The zero-order valence-corrected chi connectivity index (χ0v) is 15.4. The van der Waals surface area contributed by atoms with E-state index >= 15 is 0 Å². The fraction of sp³-hybridized carbons (Fsp3) is 0.150. The van der Waals surface area contributed by atoms with Crippen molar-refractivity contribution < 1.29 is 9.18 Å². The zero-order chi connectivity index (χ0) is 18.8. The maximum atomic E-state index is 13.5. The molecule has 132 valence electrons. The molecular weight excluding hydrogens is 353 g/mol. The van der Waals surface area contributed by atoms with Crippen molar-refractivity contribution in [2.45, 2.75) is 20.8 Å². The Bertz CT molecular complexity index is 1000. The number of rotatable bonds is 3. The predicted molar refractivity (Wildman–Crippen MR) is 101 cm³/mol. The Morgan fingerprint density at radius 2 is 1.85 bits per heavy atom. The number of pyridine rings is 2. The molecule has 0 aliphatic heterocycles.